The molecule has 0 heterocycles. The van der Waals surface area contributed by atoms with Crippen molar-refractivity contribution in [2.24, 2.45) is 23.7 Å². The lowest BCUT2D eigenvalue weighted by Crippen LogP contribution is -2.36. The zero-order valence-corrected chi connectivity index (χ0v) is 15.0. The number of carbonyl (C=O) groups is 3. The number of carboxylic acids is 1. The Balaban J connectivity index is 1.76. The summed E-state index contributed by atoms with van der Waals surface area (Å²) in [7, 11) is 0. The third kappa shape index (κ3) is 3.36. The molecule has 0 radical (unpaired) electrons. The highest BCUT2D eigenvalue weighted by atomic mass is 16.4. The zero-order chi connectivity index (χ0) is 18.8. The van der Waals surface area contributed by atoms with Gasteiger partial charge in [0, 0.05) is 17.8 Å². The Morgan fingerprint density at radius 3 is 2.31 bits per heavy atom. The molecule has 1 saturated carbocycles. The van der Waals surface area contributed by atoms with Crippen LogP contribution in [0.15, 0.2) is 30.4 Å². The maximum absolute atomic E-state index is 12.8. The Kier molecular flexibility index (Phi) is 5.11. The summed E-state index contributed by atoms with van der Waals surface area (Å²) in [6.07, 6.45) is 5.80. The number of carbonyl (C=O) groups excluding carboxylic acids is 2. The molecule has 0 spiro atoms. The van der Waals surface area contributed by atoms with E-state index >= 15 is 0 Å². The van der Waals surface area contributed by atoms with Crippen LogP contribution in [-0.4, -0.2) is 22.9 Å². The highest BCUT2D eigenvalue weighted by Crippen LogP contribution is 2.48. The monoisotopic (exact) mass is 356 g/mol. The van der Waals surface area contributed by atoms with Crippen molar-refractivity contribution in [3.8, 4) is 0 Å². The lowest BCUT2D eigenvalue weighted by molar-refractivity contribution is -0.146. The van der Waals surface area contributed by atoms with Gasteiger partial charge in [-0.25, -0.2) is 0 Å². The number of nitrogens with one attached hydrogen (secondary N) is 2. The second-order valence-corrected chi connectivity index (χ2v) is 7.10. The fourth-order valence-electron chi connectivity index (χ4n) is 4.08. The van der Waals surface area contributed by atoms with Crippen molar-refractivity contribution in [2.75, 3.05) is 10.6 Å². The van der Waals surface area contributed by atoms with Crippen LogP contribution in [0.1, 0.15) is 31.7 Å². The average Bonchev–Trinajstić information content (AvgIpc) is 3.19. The number of allylic oxidation sites excluding steroid dienone is 2. The van der Waals surface area contributed by atoms with E-state index in [0.717, 1.165) is 18.4 Å². The SMILES string of the molecule is CCCC(=O)Nc1cccc(NC(=O)C2C3C=CC(C3)C2C(=O)O)c1C. The van der Waals surface area contributed by atoms with Crippen molar-refractivity contribution < 1.29 is 19.5 Å². The van der Waals surface area contributed by atoms with Crippen molar-refractivity contribution in [3.63, 3.8) is 0 Å². The second-order valence-electron chi connectivity index (χ2n) is 7.10. The molecule has 0 aliphatic heterocycles. The fourth-order valence-corrected chi connectivity index (χ4v) is 4.08. The number of hydrogen-bond acceptors (Lipinski definition) is 3. The van der Waals surface area contributed by atoms with Crippen molar-refractivity contribution >= 4 is 29.2 Å². The maximum Gasteiger partial charge on any atom is 0.307 e. The fraction of sp³-hybridized carbons (Fsp3) is 0.450. The summed E-state index contributed by atoms with van der Waals surface area (Å²) < 4.78 is 0. The predicted molar refractivity (Wildman–Crippen MR) is 98.7 cm³/mol. The first-order valence-electron chi connectivity index (χ1n) is 9.03. The summed E-state index contributed by atoms with van der Waals surface area (Å²) in [6, 6.07) is 5.32. The van der Waals surface area contributed by atoms with Crippen LogP contribution in [0.4, 0.5) is 11.4 Å². The zero-order valence-electron chi connectivity index (χ0n) is 15.0. The molecule has 0 saturated heterocycles. The van der Waals surface area contributed by atoms with Crippen LogP contribution < -0.4 is 10.6 Å². The Hall–Kier alpha value is -2.63. The molecule has 2 aliphatic rings. The van der Waals surface area contributed by atoms with E-state index in [4.69, 9.17) is 0 Å². The smallest absolute Gasteiger partial charge is 0.307 e. The molecule has 6 nitrogen and oxygen atoms in total. The van der Waals surface area contributed by atoms with Crippen LogP contribution >= 0.6 is 0 Å². The summed E-state index contributed by atoms with van der Waals surface area (Å²) in [4.78, 5) is 36.3. The van der Waals surface area contributed by atoms with Gasteiger partial charge in [0.1, 0.15) is 0 Å². The van der Waals surface area contributed by atoms with E-state index in [1.807, 2.05) is 26.0 Å². The number of rotatable bonds is 6. The van der Waals surface area contributed by atoms with E-state index in [9.17, 15) is 19.5 Å². The normalized spacial score (nSPS) is 25.9. The Morgan fingerprint density at radius 1 is 1.08 bits per heavy atom. The molecular weight excluding hydrogens is 332 g/mol. The first-order valence-corrected chi connectivity index (χ1v) is 9.03. The van der Waals surface area contributed by atoms with Gasteiger partial charge in [0.05, 0.1) is 11.8 Å². The summed E-state index contributed by atoms with van der Waals surface area (Å²) >= 11 is 0. The molecule has 2 bridgehead atoms. The number of aliphatic carboxylic acids is 1. The molecule has 138 valence electrons. The minimum atomic E-state index is -0.917. The predicted octanol–water partition coefficient (Wildman–Crippen LogP) is 3.20. The van der Waals surface area contributed by atoms with E-state index in [0.29, 0.717) is 17.8 Å². The summed E-state index contributed by atoms with van der Waals surface area (Å²) in [5.74, 6) is -2.56. The Labute approximate surface area is 152 Å². The third-order valence-electron chi connectivity index (χ3n) is 5.39. The minimum absolute atomic E-state index is 0.0196. The van der Waals surface area contributed by atoms with Gasteiger partial charge in [-0.2, -0.15) is 0 Å². The van der Waals surface area contributed by atoms with E-state index in [2.05, 4.69) is 10.6 Å². The molecule has 3 N–H and O–H groups in total. The van der Waals surface area contributed by atoms with Crippen molar-refractivity contribution in [2.45, 2.75) is 33.1 Å². The first kappa shape index (κ1) is 18.2. The molecular formula is C20H24N2O4. The van der Waals surface area contributed by atoms with E-state index < -0.39 is 17.8 Å². The number of benzene rings is 1. The molecule has 0 aromatic heterocycles. The van der Waals surface area contributed by atoms with Gasteiger partial charge in [0.25, 0.3) is 0 Å². The van der Waals surface area contributed by atoms with Gasteiger partial charge in [-0.15, -0.1) is 0 Å². The molecule has 3 rings (SSSR count). The highest BCUT2D eigenvalue weighted by molar-refractivity contribution is 5.98. The van der Waals surface area contributed by atoms with Gasteiger partial charge in [-0.3, -0.25) is 14.4 Å². The molecule has 1 aromatic carbocycles. The summed E-state index contributed by atoms with van der Waals surface area (Å²) in [5.41, 5.74) is 2.01. The molecule has 4 unspecified atom stereocenters. The van der Waals surface area contributed by atoms with Gasteiger partial charge in [-0.1, -0.05) is 25.1 Å². The van der Waals surface area contributed by atoms with Crippen LogP contribution in [0, 0.1) is 30.6 Å². The second kappa shape index (κ2) is 7.32. The Bertz CT molecular complexity index is 771. The van der Waals surface area contributed by atoms with E-state index in [1.54, 1.807) is 18.2 Å². The minimum Gasteiger partial charge on any atom is -0.481 e. The Morgan fingerprint density at radius 2 is 1.69 bits per heavy atom. The largest absolute Gasteiger partial charge is 0.481 e. The van der Waals surface area contributed by atoms with Crippen LogP contribution in [0.2, 0.25) is 0 Å². The number of fused-ring (bicyclic) bond motifs is 2. The number of hydrogen-bond donors (Lipinski definition) is 3. The maximum atomic E-state index is 12.8. The number of anilines is 2. The standard InChI is InChI=1S/C20H24N2O4/c1-3-5-16(23)21-14-6-4-7-15(11(14)2)22-19(24)17-12-8-9-13(10-12)18(17)20(25)26/h4,6-9,12-13,17-18H,3,5,10H2,1-2H3,(H,21,23)(H,22,24)(H,25,26). The van der Waals surface area contributed by atoms with Gasteiger partial charge >= 0.3 is 5.97 Å². The molecule has 4 atom stereocenters. The molecule has 1 aromatic rings. The molecule has 26 heavy (non-hydrogen) atoms. The van der Waals surface area contributed by atoms with Crippen molar-refractivity contribution in [3.05, 3.63) is 35.9 Å². The highest BCUT2D eigenvalue weighted by Gasteiger charge is 2.51. The topological polar surface area (TPSA) is 95.5 Å². The van der Waals surface area contributed by atoms with Crippen LogP contribution in [-0.2, 0) is 14.4 Å². The van der Waals surface area contributed by atoms with Gasteiger partial charge in [0.15, 0.2) is 0 Å². The summed E-state index contributed by atoms with van der Waals surface area (Å²) in [5, 5.41) is 15.2. The van der Waals surface area contributed by atoms with Crippen molar-refractivity contribution in [1.82, 2.24) is 0 Å². The van der Waals surface area contributed by atoms with Crippen LogP contribution in [0.5, 0.6) is 0 Å². The van der Waals surface area contributed by atoms with Crippen LogP contribution in [0.25, 0.3) is 0 Å². The first-order chi connectivity index (χ1) is 12.4. The van der Waals surface area contributed by atoms with Crippen LogP contribution in [0.3, 0.4) is 0 Å². The lowest BCUT2D eigenvalue weighted by Gasteiger charge is -2.24. The lowest BCUT2D eigenvalue weighted by atomic mass is 9.82. The van der Waals surface area contributed by atoms with Gasteiger partial charge < -0.3 is 15.7 Å². The summed E-state index contributed by atoms with van der Waals surface area (Å²) in [6.45, 7) is 3.76. The third-order valence-corrected chi connectivity index (χ3v) is 5.39. The molecule has 1 fully saturated rings. The molecule has 2 aliphatic carbocycles. The molecule has 6 heteroatoms. The molecule has 2 amide bonds. The van der Waals surface area contributed by atoms with Crippen molar-refractivity contribution in [1.29, 1.82) is 0 Å². The number of amides is 2. The quantitative estimate of drug-likeness (QED) is 0.682. The van der Waals surface area contributed by atoms with E-state index in [-0.39, 0.29) is 23.7 Å². The van der Waals surface area contributed by atoms with Gasteiger partial charge in [0.2, 0.25) is 11.8 Å². The average molecular weight is 356 g/mol. The van der Waals surface area contributed by atoms with Gasteiger partial charge in [-0.05, 0) is 49.3 Å². The van der Waals surface area contributed by atoms with E-state index in [1.165, 1.54) is 0 Å². The number of carboxylic acid groups (broad SMARTS) is 1.